The largest absolute Gasteiger partial charge is 0.271 e. The monoisotopic (exact) mass is 668 g/mol. The standard InChI is InChI=1S/C42H44N2O4Si/c1-20(2)37(21(3)4)43-39(45)28-14-11-25-26-12-15-30-35-31(42(48)44(41(30)47)38(22(5)6)23(7)8)19-24(17-18-49(9)10)32(36(26)35)27-13-16-29(40(43)46)34(28)33(25)27/h11-16,19-23,37-38,49H,1-10H3. The Morgan fingerprint density at radius 3 is 1.31 bits per heavy atom. The molecule has 2 aliphatic heterocycles. The summed E-state index contributed by atoms with van der Waals surface area (Å²) in [6.45, 7) is 20.8. The van der Waals surface area contributed by atoms with E-state index >= 15 is 0 Å². The molecule has 0 atom stereocenters. The van der Waals surface area contributed by atoms with Gasteiger partial charge in [-0.05, 0) is 69.5 Å². The van der Waals surface area contributed by atoms with E-state index in [1.165, 1.54) is 9.80 Å². The van der Waals surface area contributed by atoms with Gasteiger partial charge in [-0.3, -0.25) is 29.0 Å². The lowest BCUT2D eigenvalue weighted by Crippen LogP contribution is -2.51. The van der Waals surface area contributed by atoms with Crippen LogP contribution in [0.5, 0.6) is 0 Å². The van der Waals surface area contributed by atoms with Crippen molar-refractivity contribution in [1.82, 2.24) is 9.80 Å². The normalized spacial score (nSPS) is 15.1. The fraction of sp³-hybridized carbons (Fsp3) is 0.381. The number of hydrogen-bond acceptors (Lipinski definition) is 4. The number of hydrogen-bond donors (Lipinski definition) is 0. The highest BCUT2D eigenvalue weighted by atomic mass is 28.3. The molecule has 0 aliphatic carbocycles. The number of fused-ring (bicyclic) bond motifs is 2. The molecule has 0 aromatic heterocycles. The van der Waals surface area contributed by atoms with E-state index in [9.17, 15) is 19.2 Å². The number of nitrogens with zero attached hydrogens (tertiary/aromatic N) is 2. The summed E-state index contributed by atoms with van der Waals surface area (Å²) in [6.07, 6.45) is 0. The van der Waals surface area contributed by atoms with Crippen molar-refractivity contribution in [2.24, 2.45) is 23.7 Å². The summed E-state index contributed by atoms with van der Waals surface area (Å²) < 4.78 is 0. The van der Waals surface area contributed by atoms with Gasteiger partial charge >= 0.3 is 0 Å². The SMILES string of the molecule is CC(C)C(C(C)C)N1C(=O)c2ccc3c4ccc5c6c(cc(C#C[SiH](C)C)c(c7ccc(c2c37)C1=O)c64)C(=O)N(C(C(C)C)C(C)C)C5=O. The van der Waals surface area contributed by atoms with Crippen molar-refractivity contribution in [2.75, 3.05) is 0 Å². The molecule has 250 valence electrons. The Morgan fingerprint density at radius 2 is 0.878 bits per heavy atom. The van der Waals surface area contributed by atoms with Gasteiger partial charge in [0.25, 0.3) is 23.6 Å². The van der Waals surface area contributed by atoms with Crippen molar-refractivity contribution in [1.29, 1.82) is 0 Å². The maximum atomic E-state index is 14.5. The predicted octanol–water partition coefficient (Wildman–Crippen LogP) is 8.67. The summed E-state index contributed by atoms with van der Waals surface area (Å²) in [5, 5.41) is 6.48. The highest BCUT2D eigenvalue weighted by Crippen LogP contribution is 2.48. The second-order valence-electron chi connectivity index (χ2n) is 15.7. The molecule has 0 saturated carbocycles. The smallest absolute Gasteiger partial charge is 0.261 e. The Kier molecular flexibility index (Phi) is 7.75. The maximum absolute atomic E-state index is 14.5. The molecule has 0 radical (unpaired) electrons. The van der Waals surface area contributed by atoms with Gasteiger partial charge in [0.05, 0.1) is 0 Å². The summed E-state index contributed by atoms with van der Waals surface area (Å²) in [5.74, 6) is 2.73. The van der Waals surface area contributed by atoms with Crippen LogP contribution < -0.4 is 0 Å². The third kappa shape index (κ3) is 4.60. The number of benzene rings is 5. The van der Waals surface area contributed by atoms with Crippen LogP contribution in [0.1, 0.15) is 102 Å². The summed E-state index contributed by atoms with van der Waals surface area (Å²) in [7, 11) is -1.33. The second kappa shape index (κ2) is 11.5. The topological polar surface area (TPSA) is 74.8 Å². The highest BCUT2D eigenvalue weighted by molar-refractivity contribution is 6.64. The Balaban J connectivity index is 1.60. The Labute approximate surface area is 289 Å². The first-order valence-electron chi connectivity index (χ1n) is 17.7. The van der Waals surface area contributed by atoms with Gasteiger partial charge in [0.1, 0.15) is 8.80 Å². The lowest BCUT2D eigenvalue weighted by atomic mass is 9.79. The fourth-order valence-electron chi connectivity index (χ4n) is 9.00. The van der Waals surface area contributed by atoms with Gasteiger partial charge < -0.3 is 0 Å². The number of amides is 4. The van der Waals surface area contributed by atoms with E-state index in [1.807, 2.05) is 42.5 Å². The average molecular weight is 669 g/mol. The lowest BCUT2D eigenvalue weighted by Gasteiger charge is -2.39. The molecule has 0 saturated heterocycles. The van der Waals surface area contributed by atoms with Gasteiger partial charge in [0.2, 0.25) is 0 Å². The van der Waals surface area contributed by atoms with Crippen molar-refractivity contribution in [3.05, 3.63) is 70.3 Å². The Morgan fingerprint density at radius 1 is 0.490 bits per heavy atom. The van der Waals surface area contributed by atoms with Crippen LogP contribution >= 0.6 is 0 Å². The number of imide groups is 2. The minimum atomic E-state index is -1.33. The second-order valence-corrected chi connectivity index (χ2v) is 18.3. The van der Waals surface area contributed by atoms with E-state index in [2.05, 4.69) is 79.9 Å². The first-order valence-corrected chi connectivity index (χ1v) is 20.6. The van der Waals surface area contributed by atoms with E-state index < -0.39 is 8.80 Å². The first-order chi connectivity index (χ1) is 23.2. The van der Waals surface area contributed by atoms with Crippen molar-refractivity contribution in [2.45, 2.75) is 80.6 Å². The van der Waals surface area contributed by atoms with E-state index in [0.29, 0.717) is 33.0 Å². The molecule has 7 heteroatoms. The van der Waals surface area contributed by atoms with Gasteiger partial charge in [0, 0.05) is 61.4 Å². The van der Waals surface area contributed by atoms with Crippen molar-refractivity contribution in [3.8, 4) is 11.5 Å². The zero-order valence-corrected chi connectivity index (χ0v) is 31.3. The molecule has 49 heavy (non-hydrogen) atoms. The van der Waals surface area contributed by atoms with E-state index in [0.717, 1.165) is 37.9 Å². The third-order valence-electron chi connectivity index (χ3n) is 10.6. The molecule has 5 aromatic carbocycles. The van der Waals surface area contributed by atoms with Gasteiger partial charge in [-0.25, -0.2) is 0 Å². The van der Waals surface area contributed by atoms with Crippen LogP contribution in [0.15, 0.2) is 42.5 Å². The van der Waals surface area contributed by atoms with Crippen LogP contribution in [-0.2, 0) is 0 Å². The van der Waals surface area contributed by atoms with Crippen LogP contribution in [0.3, 0.4) is 0 Å². The third-order valence-corrected chi connectivity index (χ3v) is 11.3. The molecule has 0 bridgehead atoms. The molecule has 4 amide bonds. The molecule has 5 aromatic rings. The van der Waals surface area contributed by atoms with Crippen molar-refractivity contribution in [3.63, 3.8) is 0 Å². The molecule has 0 N–H and O–H groups in total. The molecule has 0 spiro atoms. The molecule has 2 aliphatic rings. The zero-order valence-electron chi connectivity index (χ0n) is 30.1. The zero-order chi connectivity index (χ0) is 35.4. The first kappa shape index (κ1) is 33.0. The van der Waals surface area contributed by atoms with Crippen molar-refractivity contribution < 1.29 is 19.2 Å². The van der Waals surface area contributed by atoms with Gasteiger partial charge in [0.15, 0.2) is 0 Å². The molecule has 7 rings (SSSR count). The van der Waals surface area contributed by atoms with Crippen LogP contribution in [0.2, 0.25) is 13.1 Å². The van der Waals surface area contributed by atoms with Crippen molar-refractivity contribution >= 4 is 75.5 Å². The maximum Gasteiger partial charge on any atom is 0.261 e. The molecule has 0 unspecified atom stereocenters. The summed E-state index contributed by atoms with van der Waals surface area (Å²) in [4.78, 5) is 60.3. The summed E-state index contributed by atoms with van der Waals surface area (Å²) in [6, 6.07) is 12.9. The van der Waals surface area contributed by atoms with Gasteiger partial charge in [-0.2, -0.15) is 0 Å². The quantitative estimate of drug-likeness (QED) is 0.0597. The fourth-order valence-corrected chi connectivity index (χ4v) is 9.44. The molecular formula is C42H44N2O4Si. The molecule has 6 nitrogen and oxygen atoms in total. The minimum absolute atomic E-state index is 0.0812. The van der Waals surface area contributed by atoms with E-state index in [-0.39, 0.29) is 59.4 Å². The lowest BCUT2D eigenvalue weighted by molar-refractivity contribution is 0.0423. The highest BCUT2D eigenvalue weighted by Gasteiger charge is 2.43. The predicted molar refractivity (Wildman–Crippen MR) is 201 cm³/mol. The summed E-state index contributed by atoms with van der Waals surface area (Å²) in [5.41, 5.74) is 6.25. The Hall–Kier alpha value is -4.54. The Bertz CT molecular complexity index is 2300. The van der Waals surface area contributed by atoms with Crippen LogP contribution in [-0.4, -0.2) is 54.3 Å². The number of carbonyl (C=O) groups is 4. The molecule has 2 heterocycles. The van der Waals surface area contributed by atoms with E-state index in [1.54, 1.807) is 0 Å². The minimum Gasteiger partial charge on any atom is -0.271 e. The average Bonchev–Trinajstić information content (AvgIpc) is 3.03. The number of carbonyl (C=O) groups excluding carboxylic acids is 4. The molecular weight excluding hydrogens is 625 g/mol. The van der Waals surface area contributed by atoms with Gasteiger partial charge in [-0.1, -0.05) is 92.6 Å². The summed E-state index contributed by atoms with van der Waals surface area (Å²) >= 11 is 0. The van der Waals surface area contributed by atoms with Crippen LogP contribution in [0.4, 0.5) is 0 Å². The number of rotatable bonds is 6. The van der Waals surface area contributed by atoms with Crippen LogP contribution in [0.25, 0.3) is 43.1 Å². The van der Waals surface area contributed by atoms with Crippen LogP contribution in [0, 0.1) is 35.1 Å². The molecule has 0 fully saturated rings. The van der Waals surface area contributed by atoms with E-state index in [4.69, 9.17) is 0 Å². The van der Waals surface area contributed by atoms with Gasteiger partial charge in [-0.15, -0.1) is 5.54 Å².